The molecule has 0 spiro atoms. The molecule has 0 aliphatic carbocycles. The van der Waals surface area contributed by atoms with E-state index in [1.165, 1.54) is 10.9 Å². The Morgan fingerprint density at radius 2 is 2.28 bits per heavy atom. The third-order valence-corrected chi connectivity index (χ3v) is 4.87. The van der Waals surface area contributed by atoms with E-state index in [4.69, 9.17) is 0 Å². The van der Waals surface area contributed by atoms with Gasteiger partial charge in [-0.05, 0) is 41.8 Å². The Hall–Kier alpha value is -2.76. The smallest absolute Gasteiger partial charge is 0.317 e. The summed E-state index contributed by atoms with van der Waals surface area (Å²) < 4.78 is 1.83. The Morgan fingerprint density at radius 1 is 1.40 bits per heavy atom. The lowest BCUT2D eigenvalue weighted by atomic mass is 10.0. The van der Waals surface area contributed by atoms with Gasteiger partial charge in [0.05, 0.1) is 12.7 Å². The molecule has 2 aromatic heterocycles. The normalized spacial score (nSPS) is 17.3. The van der Waals surface area contributed by atoms with Crippen molar-refractivity contribution in [3.05, 3.63) is 54.0 Å². The number of aryl methyl sites for hydroxylation is 1. The molecule has 1 aliphatic heterocycles. The standard InChI is InChI=1S/C19H23N5O/c1-23-12-15(10-21-23)8-14-6-7-24(13-14)19(25)20-11-17-9-16-4-2-3-5-18(16)22-17/h2-5,9-10,12,14,22H,6-8,11,13H2,1H3,(H,20,25). The van der Waals surface area contributed by atoms with Gasteiger partial charge in [0.15, 0.2) is 0 Å². The fourth-order valence-electron chi connectivity index (χ4n) is 3.61. The van der Waals surface area contributed by atoms with Gasteiger partial charge in [0.1, 0.15) is 0 Å². The van der Waals surface area contributed by atoms with Gasteiger partial charge in [-0.2, -0.15) is 5.10 Å². The third-order valence-electron chi connectivity index (χ3n) is 4.87. The molecule has 0 saturated carbocycles. The molecule has 0 bridgehead atoms. The van der Waals surface area contributed by atoms with Crippen molar-refractivity contribution < 1.29 is 4.79 Å². The molecule has 130 valence electrons. The highest BCUT2D eigenvalue weighted by atomic mass is 16.2. The van der Waals surface area contributed by atoms with Gasteiger partial charge in [-0.15, -0.1) is 0 Å². The molecule has 1 unspecified atom stereocenters. The molecule has 4 rings (SSSR count). The molecule has 1 aromatic carbocycles. The van der Waals surface area contributed by atoms with Crippen molar-refractivity contribution >= 4 is 16.9 Å². The number of nitrogens with zero attached hydrogens (tertiary/aromatic N) is 3. The number of hydrogen-bond donors (Lipinski definition) is 2. The number of aromatic nitrogens is 3. The number of amides is 2. The van der Waals surface area contributed by atoms with Crippen LogP contribution in [0.3, 0.4) is 0 Å². The number of nitrogens with one attached hydrogen (secondary N) is 2. The lowest BCUT2D eigenvalue weighted by Gasteiger charge is -2.17. The Labute approximate surface area is 146 Å². The first-order valence-corrected chi connectivity index (χ1v) is 8.74. The Bertz CT molecular complexity index is 848. The molecule has 2 N–H and O–H groups in total. The average Bonchev–Trinajstić information content (AvgIpc) is 3.32. The highest BCUT2D eigenvalue weighted by Gasteiger charge is 2.26. The summed E-state index contributed by atoms with van der Waals surface area (Å²) in [5.74, 6) is 0.517. The molecule has 2 amide bonds. The predicted octanol–water partition coefficient (Wildman–Crippen LogP) is 2.68. The van der Waals surface area contributed by atoms with E-state index in [1.54, 1.807) is 0 Å². The van der Waals surface area contributed by atoms with E-state index in [0.29, 0.717) is 12.5 Å². The Kier molecular flexibility index (Phi) is 4.17. The van der Waals surface area contributed by atoms with Crippen LogP contribution in [0, 0.1) is 5.92 Å². The van der Waals surface area contributed by atoms with Crippen LogP contribution in [0.15, 0.2) is 42.7 Å². The molecule has 1 saturated heterocycles. The van der Waals surface area contributed by atoms with Crippen LogP contribution in [0.25, 0.3) is 10.9 Å². The van der Waals surface area contributed by atoms with Gasteiger partial charge in [-0.25, -0.2) is 4.79 Å². The first-order chi connectivity index (χ1) is 12.2. The summed E-state index contributed by atoms with van der Waals surface area (Å²) in [6, 6.07) is 10.3. The van der Waals surface area contributed by atoms with Gasteiger partial charge in [0, 0.05) is 37.5 Å². The van der Waals surface area contributed by atoms with Crippen molar-refractivity contribution in [3.63, 3.8) is 0 Å². The topological polar surface area (TPSA) is 66.0 Å². The summed E-state index contributed by atoms with van der Waals surface area (Å²) in [5, 5.41) is 8.41. The zero-order chi connectivity index (χ0) is 17.2. The summed E-state index contributed by atoms with van der Waals surface area (Å²) in [6.07, 6.45) is 6.01. The van der Waals surface area contributed by atoms with E-state index < -0.39 is 0 Å². The maximum absolute atomic E-state index is 12.4. The summed E-state index contributed by atoms with van der Waals surface area (Å²) in [5.41, 5.74) is 3.37. The Morgan fingerprint density at radius 3 is 3.08 bits per heavy atom. The number of para-hydroxylation sites is 1. The average molecular weight is 337 g/mol. The third kappa shape index (κ3) is 3.52. The maximum Gasteiger partial charge on any atom is 0.317 e. The lowest BCUT2D eigenvalue weighted by Crippen LogP contribution is -2.38. The molecule has 3 aromatic rings. The van der Waals surface area contributed by atoms with E-state index >= 15 is 0 Å². The van der Waals surface area contributed by atoms with Gasteiger partial charge in [-0.1, -0.05) is 18.2 Å². The summed E-state index contributed by atoms with van der Waals surface area (Å²) in [4.78, 5) is 17.7. The minimum atomic E-state index is 0.0207. The molecule has 1 atom stereocenters. The van der Waals surface area contributed by atoms with Crippen LogP contribution < -0.4 is 5.32 Å². The number of likely N-dealkylation sites (tertiary alicyclic amines) is 1. The number of benzene rings is 1. The number of hydrogen-bond acceptors (Lipinski definition) is 2. The molecule has 25 heavy (non-hydrogen) atoms. The van der Waals surface area contributed by atoms with Gasteiger partial charge >= 0.3 is 6.03 Å². The van der Waals surface area contributed by atoms with Gasteiger partial charge in [0.2, 0.25) is 0 Å². The highest BCUT2D eigenvalue weighted by molar-refractivity contribution is 5.80. The van der Waals surface area contributed by atoms with Crippen molar-refractivity contribution in [2.24, 2.45) is 13.0 Å². The largest absolute Gasteiger partial charge is 0.357 e. The lowest BCUT2D eigenvalue weighted by molar-refractivity contribution is 0.206. The van der Waals surface area contributed by atoms with Crippen LogP contribution in [-0.4, -0.2) is 38.8 Å². The van der Waals surface area contributed by atoms with Crippen molar-refractivity contribution in [1.29, 1.82) is 0 Å². The second-order valence-electron chi connectivity index (χ2n) is 6.87. The fraction of sp³-hybridized carbons (Fsp3) is 0.368. The number of H-pyrrole nitrogens is 1. The second kappa shape index (κ2) is 6.63. The van der Waals surface area contributed by atoms with E-state index in [9.17, 15) is 4.79 Å². The van der Waals surface area contributed by atoms with Crippen molar-refractivity contribution in [2.45, 2.75) is 19.4 Å². The van der Waals surface area contributed by atoms with Crippen LogP contribution in [0.2, 0.25) is 0 Å². The second-order valence-corrected chi connectivity index (χ2v) is 6.87. The van der Waals surface area contributed by atoms with Gasteiger partial charge in [0.25, 0.3) is 0 Å². The quantitative estimate of drug-likeness (QED) is 0.769. The van der Waals surface area contributed by atoms with E-state index in [0.717, 1.165) is 37.1 Å². The number of rotatable bonds is 4. The number of aromatic amines is 1. The van der Waals surface area contributed by atoms with E-state index in [1.807, 2.05) is 41.0 Å². The number of fused-ring (bicyclic) bond motifs is 1. The van der Waals surface area contributed by atoms with Crippen LogP contribution in [0.5, 0.6) is 0 Å². The van der Waals surface area contributed by atoms with Crippen molar-refractivity contribution in [3.8, 4) is 0 Å². The maximum atomic E-state index is 12.4. The number of carbonyl (C=O) groups is 1. The molecule has 6 nitrogen and oxygen atoms in total. The zero-order valence-electron chi connectivity index (χ0n) is 14.4. The Balaban J connectivity index is 1.29. The van der Waals surface area contributed by atoms with Crippen molar-refractivity contribution in [2.75, 3.05) is 13.1 Å². The summed E-state index contributed by atoms with van der Waals surface area (Å²) in [7, 11) is 1.93. The highest BCUT2D eigenvalue weighted by Crippen LogP contribution is 2.21. The monoisotopic (exact) mass is 337 g/mol. The summed E-state index contributed by atoms with van der Waals surface area (Å²) >= 11 is 0. The molecule has 3 heterocycles. The first kappa shape index (κ1) is 15.7. The van der Waals surface area contributed by atoms with Crippen LogP contribution in [-0.2, 0) is 20.0 Å². The van der Waals surface area contributed by atoms with Crippen molar-refractivity contribution in [1.82, 2.24) is 25.0 Å². The van der Waals surface area contributed by atoms with E-state index in [2.05, 4.69) is 33.7 Å². The molecule has 6 heteroatoms. The SMILES string of the molecule is Cn1cc(CC2CCN(C(=O)NCc3cc4ccccc4[nH]3)C2)cn1. The molecular formula is C19H23N5O. The minimum Gasteiger partial charge on any atom is -0.357 e. The van der Waals surface area contributed by atoms with Gasteiger partial charge < -0.3 is 15.2 Å². The van der Waals surface area contributed by atoms with Gasteiger partial charge in [-0.3, -0.25) is 4.68 Å². The zero-order valence-corrected chi connectivity index (χ0v) is 14.4. The number of urea groups is 1. The van der Waals surface area contributed by atoms with Crippen LogP contribution >= 0.6 is 0 Å². The minimum absolute atomic E-state index is 0.0207. The van der Waals surface area contributed by atoms with Crippen LogP contribution in [0.4, 0.5) is 4.79 Å². The van der Waals surface area contributed by atoms with Crippen LogP contribution in [0.1, 0.15) is 17.7 Å². The molecular weight excluding hydrogens is 314 g/mol. The predicted molar refractivity (Wildman–Crippen MR) is 97.1 cm³/mol. The molecule has 0 radical (unpaired) electrons. The molecule has 1 fully saturated rings. The van der Waals surface area contributed by atoms with E-state index in [-0.39, 0.29) is 6.03 Å². The molecule has 1 aliphatic rings. The fourth-order valence-corrected chi connectivity index (χ4v) is 3.61. The first-order valence-electron chi connectivity index (χ1n) is 8.74. The summed E-state index contributed by atoms with van der Waals surface area (Å²) in [6.45, 7) is 2.16. The number of carbonyl (C=O) groups excluding carboxylic acids is 1.